The summed E-state index contributed by atoms with van der Waals surface area (Å²) in [5.74, 6) is -1.24. The molecule has 0 saturated heterocycles. The largest absolute Gasteiger partial charge is 0.505 e. The average Bonchev–Trinajstić information content (AvgIpc) is 2.01. The molecule has 1 rings (SSSR count). The van der Waals surface area contributed by atoms with Gasteiger partial charge in [0.25, 0.3) is 0 Å². The van der Waals surface area contributed by atoms with Crippen LogP contribution in [-0.2, 0) is 4.79 Å². The van der Waals surface area contributed by atoms with Gasteiger partial charge in [0.05, 0.1) is 5.69 Å². The normalized spacial score (nSPS) is 9.17. The summed E-state index contributed by atoms with van der Waals surface area (Å²) in [7, 11) is 0. The second kappa shape index (κ2) is 3.15. The molecule has 0 unspecified atom stereocenters. The van der Waals surface area contributed by atoms with Crippen LogP contribution in [0.2, 0.25) is 0 Å². The molecule has 1 N–H and O–H groups in total. The van der Waals surface area contributed by atoms with Gasteiger partial charge in [-0.1, -0.05) is 0 Å². The standard InChI is InChI=1S/C8H6FNO2/c1-5-2-8(12)6(9)3-7(5)10-4-11/h2-3,12H,1H3. The van der Waals surface area contributed by atoms with Crippen LogP contribution < -0.4 is 0 Å². The van der Waals surface area contributed by atoms with Gasteiger partial charge < -0.3 is 5.11 Å². The SMILES string of the molecule is Cc1cc(O)c(F)cc1N=C=O. The zero-order valence-corrected chi connectivity index (χ0v) is 6.34. The molecule has 12 heavy (non-hydrogen) atoms. The fourth-order valence-corrected chi connectivity index (χ4v) is 0.825. The summed E-state index contributed by atoms with van der Waals surface area (Å²) < 4.78 is 12.6. The highest BCUT2D eigenvalue weighted by Crippen LogP contribution is 2.25. The molecule has 0 radical (unpaired) electrons. The van der Waals surface area contributed by atoms with E-state index in [4.69, 9.17) is 5.11 Å². The first kappa shape index (κ1) is 8.43. The first-order chi connectivity index (χ1) is 5.65. The van der Waals surface area contributed by atoms with E-state index in [0.717, 1.165) is 6.07 Å². The summed E-state index contributed by atoms with van der Waals surface area (Å²) in [5.41, 5.74) is 0.706. The smallest absolute Gasteiger partial charge is 0.240 e. The topological polar surface area (TPSA) is 49.7 Å². The minimum absolute atomic E-state index is 0.181. The van der Waals surface area contributed by atoms with Gasteiger partial charge in [-0.05, 0) is 18.6 Å². The fourth-order valence-electron chi connectivity index (χ4n) is 0.825. The summed E-state index contributed by atoms with van der Waals surface area (Å²) in [6.07, 6.45) is 1.30. The van der Waals surface area contributed by atoms with E-state index in [1.54, 1.807) is 6.92 Å². The third-order valence-electron chi connectivity index (χ3n) is 1.43. The maximum absolute atomic E-state index is 12.6. The molecular weight excluding hydrogens is 161 g/mol. The summed E-state index contributed by atoms with van der Waals surface area (Å²) >= 11 is 0. The first-order valence-corrected chi connectivity index (χ1v) is 3.22. The van der Waals surface area contributed by atoms with Crippen LogP contribution in [0.15, 0.2) is 17.1 Å². The highest BCUT2D eigenvalue weighted by molar-refractivity contribution is 5.55. The number of nitrogens with zero attached hydrogens (tertiary/aromatic N) is 1. The van der Waals surface area contributed by atoms with Gasteiger partial charge in [0, 0.05) is 6.07 Å². The Labute approximate surface area is 68.2 Å². The number of benzene rings is 1. The third-order valence-corrected chi connectivity index (χ3v) is 1.43. The van der Waals surface area contributed by atoms with Gasteiger partial charge in [-0.15, -0.1) is 0 Å². The summed E-state index contributed by atoms with van der Waals surface area (Å²) in [6, 6.07) is 2.18. The van der Waals surface area contributed by atoms with Crippen LogP contribution in [0.1, 0.15) is 5.56 Å². The van der Waals surface area contributed by atoms with E-state index in [1.807, 2.05) is 0 Å². The Morgan fingerprint density at radius 1 is 1.58 bits per heavy atom. The zero-order valence-electron chi connectivity index (χ0n) is 6.34. The molecule has 1 aromatic rings. The van der Waals surface area contributed by atoms with Crippen LogP contribution in [0.4, 0.5) is 10.1 Å². The predicted molar refractivity (Wildman–Crippen MR) is 40.6 cm³/mol. The lowest BCUT2D eigenvalue weighted by molar-refractivity contribution is 0.432. The number of carbonyl (C=O) groups excluding carboxylic acids is 1. The average molecular weight is 167 g/mol. The number of rotatable bonds is 1. The lowest BCUT2D eigenvalue weighted by atomic mass is 10.2. The summed E-state index contributed by atoms with van der Waals surface area (Å²) in [5, 5.41) is 8.88. The van der Waals surface area contributed by atoms with Crippen molar-refractivity contribution in [1.82, 2.24) is 0 Å². The van der Waals surface area contributed by atoms with Crippen molar-refractivity contribution in [2.45, 2.75) is 6.92 Å². The van der Waals surface area contributed by atoms with E-state index >= 15 is 0 Å². The van der Waals surface area contributed by atoms with Crippen molar-refractivity contribution in [1.29, 1.82) is 0 Å². The van der Waals surface area contributed by atoms with Crippen LogP contribution in [-0.4, -0.2) is 11.2 Å². The number of phenolic OH excluding ortho intramolecular Hbond substituents is 1. The van der Waals surface area contributed by atoms with E-state index in [2.05, 4.69) is 4.99 Å². The van der Waals surface area contributed by atoms with E-state index in [9.17, 15) is 9.18 Å². The van der Waals surface area contributed by atoms with Crippen molar-refractivity contribution in [2.24, 2.45) is 4.99 Å². The molecule has 62 valence electrons. The Balaban J connectivity index is 3.32. The number of hydrogen-bond donors (Lipinski definition) is 1. The molecule has 0 aliphatic rings. The van der Waals surface area contributed by atoms with Crippen LogP contribution in [0, 0.1) is 12.7 Å². The molecule has 0 aliphatic heterocycles. The Morgan fingerprint density at radius 2 is 2.25 bits per heavy atom. The second-order valence-electron chi connectivity index (χ2n) is 2.29. The van der Waals surface area contributed by atoms with Crippen LogP contribution in [0.25, 0.3) is 0 Å². The minimum atomic E-state index is -0.797. The molecule has 3 nitrogen and oxygen atoms in total. The quantitative estimate of drug-likeness (QED) is 0.512. The molecule has 0 amide bonds. The van der Waals surface area contributed by atoms with Crippen molar-refractivity contribution in [3.05, 3.63) is 23.5 Å². The zero-order chi connectivity index (χ0) is 9.14. The van der Waals surface area contributed by atoms with Gasteiger partial charge in [0.15, 0.2) is 11.6 Å². The van der Waals surface area contributed by atoms with E-state index in [1.165, 1.54) is 12.1 Å². The van der Waals surface area contributed by atoms with Crippen LogP contribution in [0.5, 0.6) is 5.75 Å². The maximum Gasteiger partial charge on any atom is 0.240 e. The Morgan fingerprint density at radius 3 is 2.83 bits per heavy atom. The number of aliphatic imine (C=N–C) groups is 1. The number of hydrogen-bond acceptors (Lipinski definition) is 3. The number of halogens is 1. The molecule has 1 aromatic carbocycles. The molecule has 0 bridgehead atoms. The van der Waals surface area contributed by atoms with Gasteiger partial charge in [-0.25, -0.2) is 9.18 Å². The Bertz CT molecular complexity index is 356. The van der Waals surface area contributed by atoms with Gasteiger partial charge in [-0.3, -0.25) is 0 Å². The lowest BCUT2D eigenvalue weighted by Crippen LogP contribution is -1.79. The highest BCUT2D eigenvalue weighted by atomic mass is 19.1. The minimum Gasteiger partial charge on any atom is -0.505 e. The molecule has 0 saturated carbocycles. The van der Waals surface area contributed by atoms with Gasteiger partial charge >= 0.3 is 0 Å². The second-order valence-corrected chi connectivity index (χ2v) is 2.29. The first-order valence-electron chi connectivity index (χ1n) is 3.22. The van der Waals surface area contributed by atoms with Crippen LogP contribution in [0.3, 0.4) is 0 Å². The van der Waals surface area contributed by atoms with Crippen molar-refractivity contribution in [3.63, 3.8) is 0 Å². The van der Waals surface area contributed by atoms with Gasteiger partial charge in [-0.2, -0.15) is 4.99 Å². The molecular formula is C8H6FNO2. The van der Waals surface area contributed by atoms with Crippen molar-refractivity contribution < 1.29 is 14.3 Å². The Kier molecular flexibility index (Phi) is 2.21. The highest BCUT2D eigenvalue weighted by Gasteiger charge is 2.04. The van der Waals surface area contributed by atoms with Crippen LogP contribution >= 0.6 is 0 Å². The van der Waals surface area contributed by atoms with Gasteiger partial charge in [0.2, 0.25) is 6.08 Å². The van der Waals surface area contributed by atoms with E-state index in [-0.39, 0.29) is 5.69 Å². The van der Waals surface area contributed by atoms with E-state index in [0.29, 0.717) is 5.56 Å². The molecule has 4 heteroatoms. The predicted octanol–water partition coefficient (Wildman–Crippen LogP) is 1.81. The van der Waals surface area contributed by atoms with Crippen molar-refractivity contribution in [3.8, 4) is 5.75 Å². The van der Waals surface area contributed by atoms with Crippen molar-refractivity contribution >= 4 is 11.8 Å². The lowest BCUT2D eigenvalue weighted by Gasteiger charge is -1.99. The molecule has 0 atom stereocenters. The number of aryl methyl sites for hydroxylation is 1. The number of phenols is 1. The number of aromatic hydroxyl groups is 1. The van der Waals surface area contributed by atoms with E-state index < -0.39 is 11.6 Å². The Hall–Kier alpha value is -1.67. The molecule has 0 fully saturated rings. The van der Waals surface area contributed by atoms with Crippen molar-refractivity contribution in [2.75, 3.05) is 0 Å². The number of isocyanates is 1. The maximum atomic E-state index is 12.6. The fraction of sp³-hybridized carbons (Fsp3) is 0.125. The third kappa shape index (κ3) is 1.49. The monoisotopic (exact) mass is 167 g/mol. The summed E-state index contributed by atoms with van der Waals surface area (Å²) in [6.45, 7) is 1.61. The molecule has 0 aromatic heterocycles. The summed E-state index contributed by atoms with van der Waals surface area (Å²) in [4.78, 5) is 13.1. The van der Waals surface area contributed by atoms with Gasteiger partial charge in [0.1, 0.15) is 0 Å². The molecule has 0 aliphatic carbocycles. The molecule has 0 spiro atoms. The molecule has 0 heterocycles.